The van der Waals surface area contributed by atoms with Crippen LogP contribution in [0.5, 0.6) is 0 Å². The fourth-order valence-corrected chi connectivity index (χ4v) is 1.75. The number of carbonyl (C=O) groups is 1. The normalized spacial score (nSPS) is 12.1. The number of amides is 1. The Morgan fingerprint density at radius 1 is 1.41 bits per heavy atom. The number of halogens is 1. The molecule has 5 heteroatoms. The van der Waals surface area contributed by atoms with Crippen LogP contribution in [0, 0.1) is 0 Å². The Balaban J connectivity index is 2.04. The molecular formula is C12H12BrN3O. The number of hydrogen-bond donors (Lipinski definition) is 2. The molecular weight excluding hydrogens is 282 g/mol. The molecule has 2 aromatic rings. The van der Waals surface area contributed by atoms with E-state index in [4.69, 9.17) is 0 Å². The van der Waals surface area contributed by atoms with Gasteiger partial charge in [0.05, 0.1) is 17.8 Å². The van der Waals surface area contributed by atoms with Gasteiger partial charge in [0.1, 0.15) is 0 Å². The Hall–Kier alpha value is -1.62. The lowest BCUT2D eigenvalue weighted by molar-refractivity contribution is 0.0940. The lowest BCUT2D eigenvalue weighted by Crippen LogP contribution is -2.26. The first-order valence-corrected chi connectivity index (χ1v) is 6.01. The van der Waals surface area contributed by atoms with Crippen molar-refractivity contribution in [3.8, 4) is 0 Å². The summed E-state index contributed by atoms with van der Waals surface area (Å²) in [7, 11) is 0. The maximum absolute atomic E-state index is 11.8. The van der Waals surface area contributed by atoms with E-state index >= 15 is 0 Å². The summed E-state index contributed by atoms with van der Waals surface area (Å²) < 4.78 is 1.02. The standard InChI is InChI=1S/C12H12BrN3O/c1-8(9-2-4-11(13)5-3-9)16-12(17)10-6-14-15-7-10/h2-8H,1H3,(H,14,15)(H,16,17)/t8-/m0/s1. The molecule has 0 saturated heterocycles. The van der Waals surface area contributed by atoms with Crippen molar-refractivity contribution in [3.63, 3.8) is 0 Å². The van der Waals surface area contributed by atoms with Crippen LogP contribution < -0.4 is 5.32 Å². The molecule has 4 nitrogen and oxygen atoms in total. The average molecular weight is 294 g/mol. The number of carbonyl (C=O) groups excluding carboxylic acids is 1. The predicted molar refractivity (Wildman–Crippen MR) is 68.6 cm³/mol. The molecule has 2 N–H and O–H groups in total. The van der Waals surface area contributed by atoms with Gasteiger partial charge in [0.15, 0.2) is 0 Å². The third kappa shape index (κ3) is 2.94. The molecule has 0 bridgehead atoms. The molecule has 88 valence electrons. The van der Waals surface area contributed by atoms with E-state index in [1.165, 1.54) is 6.20 Å². The topological polar surface area (TPSA) is 57.8 Å². The molecule has 1 heterocycles. The summed E-state index contributed by atoms with van der Waals surface area (Å²) >= 11 is 3.38. The maximum atomic E-state index is 11.8. The van der Waals surface area contributed by atoms with Crippen molar-refractivity contribution in [2.24, 2.45) is 0 Å². The lowest BCUT2D eigenvalue weighted by atomic mass is 10.1. The molecule has 1 aromatic carbocycles. The van der Waals surface area contributed by atoms with Gasteiger partial charge < -0.3 is 5.32 Å². The fourth-order valence-electron chi connectivity index (χ4n) is 1.49. The smallest absolute Gasteiger partial charge is 0.254 e. The third-order valence-electron chi connectivity index (χ3n) is 2.48. The van der Waals surface area contributed by atoms with Crippen molar-refractivity contribution in [1.82, 2.24) is 15.5 Å². The molecule has 0 fully saturated rings. The third-order valence-corrected chi connectivity index (χ3v) is 3.01. The van der Waals surface area contributed by atoms with Gasteiger partial charge in [-0.3, -0.25) is 9.89 Å². The molecule has 2 rings (SSSR count). The SMILES string of the molecule is C[C@H](NC(=O)c1cn[nH]c1)c1ccc(Br)cc1. The van der Waals surface area contributed by atoms with Gasteiger partial charge in [0.2, 0.25) is 0 Å². The quantitative estimate of drug-likeness (QED) is 0.914. The van der Waals surface area contributed by atoms with Crippen molar-refractivity contribution in [1.29, 1.82) is 0 Å². The van der Waals surface area contributed by atoms with Gasteiger partial charge in [-0.2, -0.15) is 5.10 Å². The summed E-state index contributed by atoms with van der Waals surface area (Å²) in [4.78, 5) is 11.8. The number of benzene rings is 1. The molecule has 17 heavy (non-hydrogen) atoms. The largest absolute Gasteiger partial charge is 0.345 e. The van der Waals surface area contributed by atoms with Gasteiger partial charge in [0.25, 0.3) is 5.91 Å². The summed E-state index contributed by atoms with van der Waals surface area (Å²) in [6.07, 6.45) is 3.08. The zero-order chi connectivity index (χ0) is 12.3. The van der Waals surface area contributed by atoms with E-state index < -0.39 is 0 Å². The summed E-state index contributed by atoms with van der Waals surface area (Å²) in [6, 6.07) is 7.83. The highest BCUT2D eigenvalue weighted by molar-refractivity contribution is 9.10. The monoisotopic (exact) mass is 293 g/mol. The minimum Gasteiger partial charge on any atom is -0.345 e. The van der Waals surface area contributed by atoms with Crippen LogP contribution in [0.3, 0.4) is 0 Å². The van der Waals surface area contributed by atoms with Gasteiger partial charge >= 0.3 is 0 Å². The highest BCUT2D eigenvalue weighted by Gasteiger charge is 2.11. The second kappa shape index (κ2) is 5.14. The highest BCUT2D eigenvalue weighted by atomic mass is 79.9. The van der Waals surface area contributed by atoms with Gasteiger partial charge in [-0.1, -0.05) is 28.1 Å². The van der Waals surface area contributed by atoms with Crippen LogP contribution in [0.15, 0.2) is 41.1 Å². The van der Waals surface area contributed by atoms with E-state index in [9.17, 15) is 4.79 Å². The molecule has 1 aromatic heterocycles. The highest BCUT2D eigenvalue weighted by Crippen LogP contribution is 2.16. The van der Waals surface area contributed by atoms with Crippen LogP contribution in [-0.4, -0.2) is 16.1 Å². The zero-order valence-corrected chi connectivity index (χ0v) is 10.9. The minimum atomic E-state index is -0.130. The van der Waals surface area contributed by atoms with Crippen LogP contribution in [0.1, 0.15) is 28.9 Å². The Morgan fingerprint density at radius 2 is 2.12 bits per heavy atom. The van der Waals surface area contributed by atoms with Crippen LogP contribution in [-0.2, 0) is 0 Å². The molecule has 0 saturated carbocycles. The van der Waals surface area contributed by atoms with Crippen molar-refractivity contribution in [3.05, 3.63) is 52.3 Å². The van der Waals surface area contributed by atoms with Gasteiger partial charge in [-0.25, -0.2) is 0 Å². The Labute approximate surface area is 108 Å². The molecule has 0 aliphatic rings. The van der Waals surface area contributed by atoms with Crippen molar-refractivity contribution >= 4 is 21.8 Å². The second-order valence-electron chi connectivity index (χ2n) is 3.73. The summed E-state index contributed by atoms with van der Waals surface area (Å²) in [5, 5.41) is 9.26. The number of hydrogen-bond acceptors (Lipinski definition) is 2. The van der Waals surface area contributed by atoms with E-state index in [2.05, 4.69) is 31.4 Å². The van der Waals surface area contributed by atoms with Crippen molar-refractivity contribution in [2.75, 3.05) is 0 Å². The molecule has 0 aliphatic heterocycles. The first kappa shape index (κ1) is 11.9. The first-order valence-electron chi connectivity index (χ1n) is 5.22. The van der Waals surface area contributed by atoms with Crippen molar-refractivity contribution in [2.45, 2.75) is 13.0 Å². The average Bonchev–Trinajstić information content (AvgIpc) is 2.83. The number of aromatic nitrogens is 2. The number of nitrogens with one attached hydrogen (secondary N) is 2. The first-order chi connectivity index (χ1) is 8.16. The lowest BCUT2D eigenvalue weighted by Gasteiger charge is -2.13. The van der Waals surface area contributed by atoms with Gasteiger partial charge in [-0.15, -0.1) is 0 Å². The zero-order valence-electron chi connectivity index (χ0n) is 9.27. The summed E-state index contributed by atoms with van der Waals surface area (Å²) in [5.41, 5.74) is 1.60. The van der Waals surface area contributed by atoms with E-state index in [0.717, 1.165) is 10.0 Å². The fraction of sp³-hybridized carbons (Fsp3) is 0.167. The Morgan fingerprint density at radius 3 is 2.71 bits per heavy atom. The molecule has 0 unspecified atom stereocenters. The molecule has 0 spiro atoms. The number of aromatic amines is 1. The summed E-state index contributed by atoms with van der Waals surface area (Å²) in [5.74, 6) is -0.130. The predicted octanol–water partition coefficient (Wildman–Crippen LogP) is 2.66. The van der Waals surface area contributed by atoms with E-state index in [0.29, 0.717) is 5.56 Å². The van der Waals surface area contributed by atoms with Gasteiger partial charge in [-0.05, 0) is 24.6 Å². The minimum absolute atomic E-state index is 0.0366. The van der Waals surface area contributed by atoms with E-state index in [1.54, 1.807) is 6.20 Å². The van der Waals surface area contributed by atoms with E-state index in [-0.39, 0.29) is 11.9 Å². The second-order valence-corrected chi connectivity index (χ2v) is 4.65. The van der Waals surface area contributed by atoms with Crippen LogP contribution in [0.25, 0.3) is 0 Å². The maximum Gasteiger partial charge on any atom is 0.254 e. The van der Waals surface area contributed by atoms with Crippen LogP contribution >= 0.6 is 15.9 Å². The molecule has 1 atom stereocenters. The number of H-pyrrole nitrogens is 1. The van der Waals surface area contributed by atoms with Crippen LogP contribution in [0.2, 0.25) is 0 Å². The Bertz CT molecular complexity index is 493. The Kier molecular flexibility index (Phi) is 3.58. The number of rotatable bonds is 3. The molecule has 1 amide bonds. The van der Waals surface area contributed by atoms with Gasteiger partial charge in [0, 0.05) is 10.7 Å². The molecule has 0 aliphatic carbocycles. The molecule has 0 radical (unpaired) electrons. The number of nitrogens with zero attached hydrogens (tertiary/aromatic N) is 1. The van der Waals surface area contributed by atoms with Crippen molar-refractivity contribution < 1.29 is 4.79 Å². The van der Waals surface area contributed by atoms with E-state index in [1.807, 2.05) is 31.2 Å². The summed E-state index contributed by atoms with van der Waals surface area (Å²) in [6.45, 7) is 1.95. The van der Waals surface area contributed by atoms with Crippen LogP contribution in [0.4, 0.5) is 0 Å².